The van der Waals surface area contributed by atoms with Crippen LogP contribution >= 0.6 is 0 Å². The van der Waals surface area contributed by atoms with Crippen molar-refractivity contribution in [3.05, 3.63) is 72.9 Å². The largest absolute Gasteiger partial charge is 0.381 e. The average molecular weight is 344 g/mol. The van der Waals surface area contributed by atoms with Crippen molar-refractivity contribution in [2.24, 2.45) is 0 Å². The fraction of sp³-hybridized carbons (Fsp3) is 0.150. The van der Waals surface area contributed by atoms with Crippen molar-refractivity contribution in [2.75, 3.05) is 5.32 Å². The molecule has 0 atom stereocenters. The highest BCUT2D eigenvalue weighted by atomic mass is 15.1. The molecule has 3 heterocycles. The van der Waals surface area contributed by atoms with Crippen LogP contribution in [0.4, 0.5) is 5.69 Å². The van der Waals surface area contributed by atoms with E-state index in [1.807, 2.05) is 43.0 Å². The Balaban J connectivity index is 1.53. The minimum absolute atomic E-state index is 0.673. The van der Waals surface area contributed by atoms with Crippen molar-refractivity contribution in [1.82, 2.24) is 24.7 Å². The lowest BCUT2D eigenvalue weighted by molar-refractivity contribution is 0.771. The number of anilines is 1. The molecule has 0 spiro atoms. The number of hydrogen-bond acceptors (Lipinski definition) is 4. The molecule has 6 heteroatoms. The number of nitrogens with one attached hydrogen (secondary N) is 2. The second-order valence-corrected chi connectivity index (χ2v) is 5.98. The molecule has 0 bridgehead atoms. The van der Waals surface area contributed by atoms with E-state index in [1.54, 1.807) is 6.20 Å². The van der Waals surface area contributed by atoms with E-state index in [9.17, 15) is 0 Å². The van der Waals surface area contributed by atoms with E-state index in [0.29, 0.717) is 6.54 Å². The molecular weight excluding hydrogens is 324 g/mol. The first kappa shape index (κ1) is 16.1. The van der Waals surface area contributed by atoms with Gasteiger partial charge in [-0.15, -0.1) is 0 Å². The topological polar surface area (TPSA) is 71.4 Å². The van der Waals surface area contributed by atoms with Crippen LogP contribution in [-0.2, 0) is 13.1 Å². The van der Waals surface area contributed by atoms with Crippen LogP contribution in [0.25, 0.3) is 22.6 Å². The summed E-state index contributed by atoms with van der Waals surface area (Å²) in [5.74, 6) is 0.982. The molecule has 1 aromatic carbocycles. The summed E-state index contributed by atoms with van der Waals surface area (Å²) in [6.07, 6.45) is 9.29. The average Bonchev–Trinajstić information content (AvgIpc) is 3.36. The summed E-state index contributed by atoms with van der Waals surface area (Å²) in [6.45, 7) is 3.69. The van der Waals surface area contributed by atoms with Gasteiger partial charge in [0.15, 0.2) is 0 Å². The SMILES string of the molecule is CCn1ccnc1-c1cccc(NCc2cn[nH]c2-c2cccnc2)c1. The van der Waals surface area contributed by atoms with Gasteiger partial charge < -0.3 is 9.88 Å². The molecule has 0 fully saturated rings. The summed E-state index contributed by atoms with van der Waals surface area (Å²) in [4.78, 5) is 8.65. The fourth-order valence-corrected chi connectivity index (χ4v) is 3.00. The van der Waals surface area contributed by atoms with E-state index in [-0.39, 0.29) is 0 Å². The van der Waals surface area contributed by atoms with Gasteiger partial charge in [0.05, 0.1) is 11.9 Å². The Hall–Kier alpha value is -3.41. The number of rotatable bonds is 6. The number of nitrogens with zero attached hydrogens (tertiary/aromatic N) is 4. The fourth-order valence-electron chi connectivity index (χ4n) is 3.00. The number of H-pyrrole nitrogens is 1. The van der Waals surface area contributed by atoms with Crippen molar-refractivity contribution < 1.29 is 0 Å². The molecule has 0 radical (unpaired) electrons. The first-order chi connectivity index (χ1) is 12.8. The third-order valence-corrected chi connectivity index (χ3v) is 4.33. The Morgan fingerprint density at radius 3 is 2.85 bits per heavy atom. The molecule has 0 saturated heterocycles. The first-order valence-corrected chi connectivity index (χ1v) is 8.63. The second kappa shape index (κ2) is 7.23. The van der Waals surface area contributed by atoms with Crippen molar-refractivity contribution >= 4 is 5.69 Å². The number of benzene rings is 1. The first-order valence-electron chi connectivity index (χ1n) is 8.63. The summed E-state index contributed by atoms with van der Waals surface area (Å²) < 4.78 is 2.13. The van der Waals surface area contributed by atoms with Crippen LogP contribution in [-0.4, -0.2) is 24.7 Å². The standard InChI is InChI=1S/C20H20N6/c1-2-26-10-9-22-20(26)15-5-3-7-18(11-15)23-13-17-14-24-25-19(17)16-6-4-8-21-12-16/h3-12,14,23H,2,13H2,1H3,(H,24,25). The zero-order chi connectivity index (χ0) is 17.8. The van der Waals surface area contributed by atoms with Crippen molar-refractivity contribution in [1.29, 1.82) is 0 Å². The van der Waals surface area contributed by atoms with Gasteiger partial charge in [0.1, 0.15) is 5.82 Å². The lowest BCUT2D eigenvalue weighted by atomic mass is 10.1. The Kier molecular flexibility index (Phi) is 4.47. The molecular formula is C20H20N6. The molecule has 26 heavy (non-hydrogen) atoms. The zero-order valence-corrected chi connectivity index (χ0v) is 14.6. The number of imidazole rings is 1. The van der Waals surface area contributed by atoms with Gasteiger partial charge in [-0.2, -0.15) is 5.10 Å². The molecule has 0 unspecified atom stereocenters. The third kappa shape index (κ3) is 3.21. The molecule has 0 aliphatic heterocycles. The van der Waals surface area contributed by atoms with Crippen LogP contribution in [0.3, 0.4) is 0 Å². The number of aryl methyl sites for hydroxylation is 1. The van der Waals surface area contributed by atoms with Gasteiger partial charge in [-0.1, -0.05) is 12.1 Å². The van der Waals surface area contributed by atoms with E-state index in [1.165, 1.54) is 0 Å². The molecule has 0 aliphatic rings. The summed E-state index contributed by atoms with van der Waals surface area (Å²) >= 11 is 0. The van der Waals surface area contributed by atoms with Gasteiger partial charge in [-0.25, -0.2) is 4.98 Å². The van der Waals surface area contributed by atoms with Gasteiger partial charge in [-0.3, -0.25) is 10.1 Å². The van der Waals surface area contributed by atoms with E-state index >= 15 is 0 Å². The normalized spacial score (nSPS) is 10.8. The highest BCUT2D eigenvalue weighted by Crippen LogP contribution is 2.24. The van der Waals surface area contributed by atoms with Gasteiger partial charge >= 0.3 is 0 Å². The number of pyridine rings is 1. The Bertz CT molecular complexity index is 986. The predicted molar refractivity (Wildman–Crippen MR) is 102 cm³/mol. The maximum absolute atomic E-state index is 4.48. The van der Waals surface area contributed by atoms with Crippen molar-refractivity contribution in [3.63, 3.8) is 0 Å². The van der Waals surface area contributed by atoms with E-state index in [2.05, 4.69) is 55.2 Å². The third-order valence-electron chi connectivity index (χ3n) is 4.33. The lowest BCUT2D eigenvalue weighted by Gasteiger charge is -2.10. The maximum atomic E-state index is 4.48. The van der Waals surface area contributed by atoms with E-state index < -0.39 is 0 Å². The van der Waals surface area contributed by atoms with Gasteiger partial charge in [-0.05, 0) is 31.2 Å². The van der Waals surface area contributed by atoms with E-state index in [4.69, 9.17) is 0 Å². The minimum Gasteiger partial charge on any atom is -0.381 e. The Morgan fingerprint density at radius 1 is 1.08 bits per heavy atom. The quantitative estimate of drug-likeness (QED) is 0.555. The monoisotopic (exact) mass is 344 g/mol. The van der Waals surface area contributed by atoms with Crippen LogP contribution in [0.2, 0.25) is 0 Å². The van der Waals surface area contributed by atoms with Crippen LogP contribution in [0, 0.1) is 0 Å². The highest BCUT2D eigenvalue weighted by molar-refractivity contribution is 5.64. The molecule has 0 amide bonds. The number of hydrogen-bond donors (Lipinski definition) is 2. The molecule has 0 aliphatic carbocycles. The number of aromatic nitrogens is 5. The summed E-state index contributed by atoms with van der Waals surface area (Å²) in [5.41, 5.74) is 5.26. The summed E-state index contributed by atoms with van der Waals surface area (Å²) in [5, 5.41) is 10.7. The van der Waals surface area contributed by atoms with Crippen LogP contribution < -0.4 is 5.32 Å². The minimum atomic E-state index is 0.673. The van der Waals surface area contributed by atoms with Crippen LogP contribution in [0.1, 0.15) is 12.5 Å². The van der Waals surface area contributed by atoms with E-state index in [0.717, 1.165) is 40.4 Å². The van der Waals surface area contributed by atoms with Crippen LogP contribution in [0.15, 0.2) is 67.4 Å². The summed E-state index contributed by atoms with van der Waals surface area (Å²) in [6, 6.07) is 12.3. The predicted octanol–water partition coefficient (Wildman–Crippen LogP) is 3.97. The maximum Gasteiger partial charge on any atom is 0.139 e. The molecule has 6 nitrogen and oxygen atoms in total. The molecule has 0 saturated carbocycles. The molecule has 2 N–H and O–H groups in total. The molecule has 4 aromatic rings. The van der Waals surface area contributed by atoms with Crippen molar-refractivity contribution in [3.8, 4) is 22.6 Å². The van der Waals surface area contributed by atoms with Gasteiger partial charge in [0.25, 0.3) is 0 Å². The molecule has 130 valence electrons. The Morgan fingerprint density at radius 2 is 2.00 bits per heavy atom. The smallest absolute Gasteiger partial charge is 0.139 e. The lowest BCUT2D eigenvalue weighted by Crippen LogP contribution is -2.01. The van der Waals surface area contributed by atoms with Crippen molar-refractivity contribution in [2.45, 2.75) is 20.0 Å². The highest BCUT2D eigenvalue weighted by Gasteiger charge is 2.09. The molecule has 4 rings (SSSR count). The van der Waals surface area contributed by atoms with Gasteiger partial charge in [0.2, 0.25) is 0 Å². The second-order valence-electron chi connectivity index (χ2n) is 5.98. The van der Waals surface area contributed by atoms with Gasteiger partial charge in [0, 0.05) is 60.3 Å². The zero-order valence-electron chi connectivity index (χ0n) is 14.6. The number of aromatic amines is 1. The van der Waals surface area contributed by atoms with Crippen LogP contribution in [0.5, 0.6) is 0 Å². The Labute approximate surface area is 152 Å². The summed E-state index contributed by atoms with van der Waals surface area (Å²) in [7, 11) is 0. The molecule has 3 aromatic heterocycles.